The minimum Gasteiger partial charge on any atom is -0.506 e. The summed E-state index contributed by atoms with van der Waals surface area (Å²) >= 11 is 5.75. The first-order valence-corrected chi connectivity index (χ1v) is 6.45. The average molecular weight is 292 g/mol. The number of carbonyl (C=O) groups excluding carboxylic acids is 1. The highest BCUT2D eigenvalue weighted by Crippen LogP contribution is 2.26. The molecule has 2 rings (SSSR count). The third kappa shape index (κ3) is 3.73. The predicted molar refractivity (Wildman–Crippen MR) is 77.8 cm³/mol. The van der Waals surface area contributed by atoms with Crippen LogP contribution in [0.1, 0.15) is 18.1 Å². The Balaban J connectivity index is 1.97. The number of phenolic OH excluding ortho intramolecular Hbond substituents is 1. The van der Waals surface area contributed by atoms with E-state index < -0.39 is 6.10 Å². The Labute approximate surface area is 121 Å². The van der Waals surface area contributed by atoms with E-state index in [9.17, 15) is 15.0 Å². The van der Waals surface area contributed by atoms with Gasteiger partial charge in [0.25, 0.3) is 0 Å². The van der Waals surface area contributed by atoms with Gasteiger partial charge >= 0.3 is 0 Å². The molecule has 1 atom stereocenters. The Hall–Kier alpha value is -2.04. The number of nitrogens with one attached hydrogen (secondary N) is 1. The van der Waals surface area contributed by atoms with E-state index in [1.54, 1.807) is 24.3 Å². The lowest BCUT2D eigenvalue weighted by Crippen LogP contribution is -2.15. The van der Waals surface area contributed by atoms with Crippen LogP contribution in [0, 0.1) is 0 Å². The summed E-state index contributed by atoms with van der Waals surface area (Å²) in [7, 11) is 0. The second-order valence-electron chi connectivity index (χ2n) is 4.34. The Morgan fingerprint density at radius 1 is 1.20 bits per heavy atom. The molecule has 1 amide bonds. The van der Waals surface area contributed by atoms with Crippen LogP contribution in [-0.2, 0) is 4.79 Å². The van der Waals surface area contributed by atoms with Crippen molar-refractivity contribution in [2.24, 2.45) is 0 Å². The summed E-state index contributed by atoms with van der Waals surface area (Å²) in [5.74, 6) is -0.378. The van der Waals surface area contributed by atoms with E-state index in [-0.39, 0.29) is 23.1 Å². The highest BCUT2D eigenvalue weighted by Gasteiger charge is 2.13. The first kappa shape index (κ1) is 14.4. The summed E-state index contributed by atoms with van der Waals surface area (Å²) in [6, 6.07) is 13.3. The Kier molecular flexibility index (Phi) is 4.61. The number of aliphatic hydroxyl groups excluding tert-OH is 1. The molecule has 2 aromatic rings. The van der Waals surface area contributed by atoms with Crippen molar-refractivity contribution >= 4 is 23.2 Å². The van der Waals surface area contributed by atoms with Gasteiger partial charge in [-0.1, -0.05) is 41.9 Å². The number of carbonyl (C=O) groups is 1. The second-order valence-corrected chi connectivity index (χ2v) is 4.75. The molecule has 0 saturated heterocycles. The Morgan fingerprint density at radius 2 is 1.90 bits per heavy atom. The maximum Gasteiger partial charge on any atom is 0.227 e. The molecule has 20 heavy (non-hydrogen) atoms. The van der Waals surface area contributed by atoms with Gasteiger partial charge in [0.15, 0.2) is 0 Å². The van der Waals surface area contributed by atoms with Gasteiger partial charge in [-0.3, -0.25) is 4.79 Å². The lowest BCUT2D eigenvalue weighted by atomic mass is 10.1. The van der Waals surface area contributed by atoms with E-state index in [4.69, 9.17) is 11.6 Å². The van der Waals surface area contributed by atoms with Crippen molar-refractivity contribution in [1.29, 1.82) is 0 Å². The first-order valence-electron chi connectivity index (χ1n) is 6.07. The van der Waals surface area contributed by atoms with Gasteiger partial charge in [-0.2, -0.15) is 0 Å². The molecule has 0 aliphatic heterocycles. The molecular weight excluding hydrogens is 278 g/mol. The maximum atomic E-state index is 11.8. The fourth-order valence-electron chi connectivity index (χ4n) is 1.77. The van der Waals surface area contributed by atoms with Gasteiger partial charge < -0.3 is 15.5 Å². The van der Waals surface area contributed by atoms with Crippen LogP contribution < -0.4 is 5.32 Å². The molecule has 0 spiro atoms. The molecule has 4 nitrogen and oxygen atoms in total. The SMILES string of the molecule is O=C(C[C@H](O)c1ccccc1)Nc1ccc(O)c(Cl)c1. The van der Waals surface area contributed by atoms with Gasteiger partial charge in [0.05, 0.1) is 17.5 Å². The van der Waals surface area contributed by atoms with Crippen molar-refractivity contribution in [3.05, 3.63) is 59.1 Å². The van der Waals surface area contributed by atoms with Crippen molar-refractivity contribution in [3.63, 3.8) is 0 Å². The monoisotopic (exact) mass is 291 g/mol. The molecule has 0 unspecified atom stereocenters. The lowest BCUT2D eigenvalue weighted by Gasteiger charge is -2.11. The molecule has 0 radical (unpaired) electrons. The number of rotatable bonds is 4. The Morgan fingerprint density at radius 3 is 2.55 bits per heavy atom. The van der Waals surface area contributed by atoms with Crippen molar-refractivity contribution < 1.29 is 15.0 Å². The maximum absolute atomic E-state index is 11.8. The first-order chi connectivity index (χ1) is 9.56. The minimum absolute atomic E-state index is 0.0472. The third-order valence-corrected chi connectivity index (χ3v) is 3.10. The molecule has 3 N–H and O–H groups in total. The number of amides is 1. The molecule has 2 aromatic carbocycles. The fourth-order valence-corrected chi connectivity index (χ4v) is 1.95. The van der Waals surface area contributed by atoms with Crippen LogP contribution >= 0.6 is 11.6 Å². The second kappa shape index (κ2) is 6.41. The van der Waals surface area contributed by atoms with E-state index >= 15 is 0 Å². The summed E-state index contributed by atoms with van der Waals surface area (Å²) in [6.45, 7) is 0. The molecule has 0 aromatic heterocycles. The normalized spacial score (nSPS) is 11.9. The zero-order chi connectivity index (χ0) is 14.5. The Bertz CT molecular complexity index is 601. The van der Waals surface area contributed by atoms with Crippen LogP contribution in [0.15, 0.2) is 48.5 Å². The van der Waals surface area contributed by atoms with E-state index in [1.165, 1.54) is 18.2 Å². The molecule has 0 aliphatic carbocycles. The molecule has 0 bridgehead atoms. The van der Waals surface area contributed by atoms with Crippen LogP contribution in [0.5, 0.6) is 5.75 Å². The predicted octanol–water partition coefficient (Wildman–Crippen LogP) is 3.11. The van der Waals surface area contributed by atoms with Crippen LogP contribution in [0.25, 0.3) is 0 Å². The number of hydrogen-bond donors (Lipinski definition) is 3. The van der Waals surface area contributed by atoms with E-state index in [2.05, 4.69) is 5.32 Å². The number of hydrogen-bond acceptors (Lipinski definition) is 3. The van der Waals surface area contributed by atoms with E-state index in [1.807, 2.05) is 6.07 Å². The third-order valence-electron chi connectivity index (χ3n) is 2.79. The largest absolute Gasteiger partial charge is 0.506 e. The summed E-state index contributed by atoms with van der Waals surface area (Å²) in [5.41, 5.74) is 1.16. The minimum atomic E-state index is -0.858. The quantitative estimate of drug-likeness (QED) is 0.758. The van der Waals surface area contributed by atoms with Crippen LogP contribution in [0.3, 0.4) is 0 Å². The van der Waals surface area contributed by atoms with Crippen molar-refractivity contribution in [2.45, 2.75) is 12.5 Å². The highest BCUT2D eigenvalue weighted by molar-refractivity contribution is 6.32. The van der Waals surface area contributed by atoms with Crippen molar-refractivity contribution in [2.75, 3.05) is 5.32 Å². The zero-order valence-corrected chi connectivity index (χ0v) is 11.3. The van der Waals surface area contributed by atoms with Crippen LogP contribution in [0.2, 0.25) is 5.02 Å². The van der Waals surface area contributed by atoms with Crippen molar-refractivity contribution in [1.82, 2.24) is 0 Å². The standard InChI is InChI=1S/C15H14ClNO3/c16-12-8-11(6-7-13(12)18)17-15(20)9-14(19)10-4-2-1-3-5-10/h1-8,14,18-19H,9H2,(H,17,20)/t14-/m0/s1. The van der Waals surface area contributed by atoms with E-state index in [0.29, 0.717) is 11.3 Å². The van der Waals surface area contributed by atoms with Gasteiger partial charge in [-0.05, 0) is 23.8 Å². The molecule has 0 heterocycles. The number of anilines is 1. The van der Waals surface area contributed by atoms with Gasteiger partial charge in [-0.15, -0.1) is 0 Å². The average Bonchev–Trinajstić information content (AvgIpc) is 2.44. The molecule has 0 fully saturated rings. The van der Waals surface area contributed by atoms with Crippen LogP contribution in [-0.4, -0.2) is 16.1 Å². The van der Waals surface area contributed by atoms with E-state index in [0.717, 1.165) is 0 Å². The molecule has 0 aliphatic rings. The molecule has 0 saturated carbocycles. The molecular formula is C15H14ClNO3. The fraction of sp³-hybridized carbons (Fsp3) is 0.133. The summed E-state index contributed by atoms with van der Waals surface area (Å²) in [5, 5.41) is 22.0. The summed E-state index contributed by atoms with van der Waals surface area (Å²) in [6.07, 6.45) is -0.911. The number of aromatic hydroxyl groups is 1. The molecule has 5 heteroatoms. The topological polar surface area (TPSA) is 69.6 Å². The van der Waals surface area contributed by atoms with Gasteiger partial charge in [-0.25, -0.2) is 0 Å². The van der Waals surface area contributed by atoms with Gasteiger partial charge in [0.1, 0.15) is 5.75 Å². The number of benzene rings is 2. The van der Waals surface area contributed by atoms with Crippen molar-refractivity contribution in [3.8, 4) is 5.75 Å². The molecule has 104 valence electrons. The number of aliphatic hydroxyl groups is 1. The summed E-state index contributed by atoms with van der Waals surface area (Å²) in [4.78, 5) is 11.8. The summed E-state index contributed by atoms with van der Waals surface area (Å²) < 4.78 is 0. The van der Waals surface area contributed by atoms with Gasteiger partial charge in [0.2, 0.25) is 5.91 Å². The van der Waals surface area contributed by atoms with Gasteiger partial charge in [0, 0.05) is 5.69 Å². The number of phenols is 1. The smallest absolute Gasteiger partial charge is 0.227 e. The highest BCUT2D eigenvalue weighted by atomic mass is 35.5. The zero-order valence-electron chi connectivity index (χ0n) is 10.6. The number of halogens is 1. The lowest BCUT2D eigenvalue weighted by molar-refractivity contribution is -0.118. The van der Waals surface area contributed by atoms with Crippen LogP contribution in [0.4, 0.5) is 5.69 Å².